The van der Waals surface area contributed by atoms with E-state index in [1.54, 1.807) is 6.92 Å². The van der Waals surface area contributed by atoms with Gasteiger partial charge in [-0.25, -0.2) is 4.39 Å². The van der Waals surface area contributed by atoms with E-state index in [9.17, 15) is 4.39 Å². The zero-order chi connectivity index (χ0) is 12.9. The molecule has 0 saturated heterocycles. The van der Waals surface area contributed by atoms with Crippen LogP contribution in [0, 0.1) is 11.8 Å². The summed E-state index contributed by atoms with van der Waals surface area (Å²) >= 11 is 3.54. The molecule has 16 heavy (non-hydrogen) atoms. The van der Waals surface area contributed by atoms with E-state index >= 15 is 0 Å². The number of hydrogen-bond acceptors (Lipinski definition) is 1. The third-order valence-corrected chi connectivity index (χ3v) is 3.73. The van der Waals surface area contributed by atoms with Gasteiger partial charge in [0.1, 0.15) is 0 Å². The highest BCUT2D eigenvalue weighted by Crippen LogP contribution is 2.29. The summed E-state index contributed by atoms with van der Waals surface area (Å²) in [6.45, 7) is 12.8. The van der Waals surface area contributed by atoms with Crippen molar-refractivity contribution in [3.05, 3.63) is 11.4 Å². The number of rotatable bonds is 6. The quantitative estimate of drug-likeness (QED) is 0.721. The fraction of sp³-hybridized carbons (Fsp3) is 0.846. The summed E-state index contributed by atoms with van der Waals surface area (Å²) in [5, 5.41) is 3.36. The summed E-state index contributed by atoms with van der Waals surface area (Å²) < 4.78 is 13.6. The molecule has 0 aliphatic rings. The first-order chi connectivity index (χ1) is 7.27. The van der Waals surface area contributed by atoms with Crippen LogP contribution in [-0.4, -0.2) is 17.4 Å². The lowest BCUT2D eigenvalue weighted by molar-refractivity contribution is 0.456. The molecule has 0 aliphatic carbocycles. The van der Waals surface area contributed by atoms with Gasteiger partial charge < -0.3 is 5.32 Å². The smallest absolute Gasteiger partial charge is 0.0966 e. The molecule has 1 unspecified atom stereocenters. The van der Waals surface area contributed by atoms with Gasteiger partial charge in [-0.1, -0.05) is 50.5 Å². The second kappa shape index (κ2) is 7.44. The van der Waals surface area contributed by atoms with Gasteiger partial charge in [-0.3, -0.25) is 0 Å². The Morgan fingerprint density at radius 1 is 1.19 bits per heavy atom. The van der Waals surface area contributed by atoms with E-state index in [0.29, 0.717) is 10.9 Å². The fourth-order valence-corrected chi connectivity index (χ4v) is 2.16. The van der Waals surface area contributed by atoms with E-state index in [-0.39, 0.29) is 17.7 Å². The topological polar surface area (TPSA) is 12.0 Å². The van der Waals surface area contributed by atoms with Crippen molar-refractivity contribution in [2.45, 2.75) is 52.4 Å². The summed E-state index contributed by atoms with van der Waals surface area (Å²) in [5.41, 5.74) is 0.928. The van der Waals surface area contributed by atoms with Crippen LogP contribution < -0.4 is 5.32 Å². The number of allylic oxidation sites excluding steroid dienone is 1. The second-order valence-electron chi connectivity index (χ2n) is 4.92. The maximum absolute atomic E-state index is 13.6. The van der Waals surface area contributed by atoms with Crippen LogP contribution in [0.15, 0.2) is 11.4 Å². The summed E-state index contributed by atoms with van der Waals surface area (Å²) in [6, 6.07) is 0.445. The highest BCUT2D eigenvalue weighted by atomic mass is 79.9. The largest absolute Gasteiger partial charge is 0.314 e. The zero-order valence-electron chi connectivity index (χ0n) is 11.3. The molecule has 0 aromatic heterocycles. The van der Waals surface area contributed by atoms with Crippen molar-refractivity contribution < 1.29 is 4.39 Å². The Labute approximate surface area is 108 Å². The molecule has 3 atom stereocenters. The summed E-state index contributed by atoms with van der Waals surface area (Å²) in [5.74, 6) is 0.438. The maximum atomic E-state index is 13.6. The van der Waals surface area contributed by atoms with Gasteiger partial charge in [-0.05, 0) is 24.3 Å². The van der Waals surface area contributed by atoms with Crippen LogP contribution in [0.5, 0.6) is 0 Å². The van der Waals surface area contributed by atoms with Crippen molar-refractivity contribution in [3.63, 3.8) is 0 Å². The highest BCUT2D eigenvalue weighted by Gasteiger charge is 2.22. The summed E-state index contributed by atoms with van der Waals surface area (Å²) in [4.78, 5) is 0.301. The van der Waals surface area contributed by atoms with Gasteiger partial charge in [0, 0.05) is 17.4 Å². The minimum atomic E-state index is -0.0307. The van der Waals surface area contributed by atoms with Gasteiger partial charge in [0.05, 0.1) is 5.83 Å². The van der Waals surface area contributed by atoms with Crippen LogP contribution in [0.25, 0.3) is 0 Å². The van der Waals surface area contributed by atoms with Crippen LogP contribution in [0.1, 0.15) is 41.5 Å². The Hall–Kier alpha value is 0.110. The molecule has 96 valence electrons. The van der Waals surface area contributed by atoms with Crippen LogP contribution >= 0.6 is 15.9 Å². The molecule has 0 aromatic carbocycles. The van der Waals surface area contributed by atoms with Gasteiger partial charge in [0.2, 0.25) is 0 Å². The van der Waals surface area contributed by atoms with Gasteiger partial charge in [-0.2, -0.15) is 0 Å². The molecule has 0 aromatic rings. The highest BCUT2D eigenvalue weighted by molar-refractivity contribution is 9.09. The Balaban J connectivity index is 4.62. The van der Waals surface area contributed by atoms with Crippen molar-refractivity contribution in [2.24, 2.45) is 11.8 Å². The molecule has 0 amide bonds. The van der Waals surface area contributed by atoms with Gasteiger partial charge in [0.25, 0.3) is 0 Å². The predicted molar refractivity (Wildman–Crippen MR) is 73.7 cm³/mol. The van der Waals surface area contributed by atoms with Crippen molar-refractivity contribution in [1.29, 1.82) is 0 Å². The molecule has 0 saturated carbocycles. The molecule has 3 heteroatoms. The first-order valence-electron chi connectivity index (χ1n) is 6.01. The van der Waals surface area contributed by atoms with E-state index < -0.39 is 0 Å². The van der Waals surface area contributed by atoms with E-state index in [4.69, 9.17) is 0 Å². The van der Waals surface area contributed by atoms with Crippen molar-refractivity contribution in [1.82, 2.24) is 5.32 Å². The minimum Gasteiger partial charge on any atom is -0.314 e. The zero-order valence-corrected chi connectivity index (χ0v) is 12.9. The first kappa shape index (κ1) is 16.1. The SMILES string of the molecule is C/C(F)=C(/C(C)CNC(C)C)[C@H](C)[C@H](C)Br. The average molecular weight is 294 g/mol. The Morgan fingerprint density at radius 3 is 2.00 bits per heavy atom. The normalized spacial score (nSPS) is 19.3. The minimum absolute atomic E-state index is 0.0307. The van der Waals surface area contributed by atoms with E-state index in [1.165, 1.54) is 0 Å². The van der Waals surface area contributed by atoms with Gasteiger partial charge in [-0.15, -0.1) is 0 Å². The van der Waals surface area contributed by atoms with Crippen molar-refractivity contribution in [3.8, 4) is 0 Å². The Kier molecular flexibility index (Phi) is 7.49. The van der Waals surface area contributed by atoms with Crippen LogP contribution in [0.3, 0.4) is 0 Å². The monoisotopic (exact) mass is 293 g/mol. The molecule has 0 bridgehead atoms. The van der Waals surface area contributed by atoms with E-state index in [2.05, 4.69) is 55.9 Å². The predicted octanol–water partition coefficient (Wildman–Crippen LogP) is 4.28. The van der Waals surface area contributed by atoms with Crippen molar-refractivity contribution >= 4 is 15.9 Å². The average Bonchev–Trinajstić information content (AvgIpc) is 2.13. The maximum Gasteiger partial charge on any atom is 0.0966 e. The number of halogens is 2. The molecule has 1 N–H and O–H groups in total. The fourth-order valence-electron chi connectivity index (χ4n) is 1.87. The molecule has 0 aliphatic heterocycles. The molecule has 0 fully saturated rings. The van der Waals surface area contributed by atoms with Gasteiger partial charge in [0.15, 0.2) is 0 Å². The third-order valence-electron chi connectivity index (χ3n) is 2.94. The number of hydrogen-bond donors (Lipinski definition) is 1. The summed E-state index contributed by atoms with van der Waals surface area (Å²) in [7, 11) is 0. The molecule has 0 spiro atoms. The molecular formula is C13H25BrFN. The van der Waals surface area contributed by atoms with Crippen LogP contribution in [0.4, 0.5) is 4.39 Å². The molecule has 0 heterocycles. The third kappa shape index (κ3) is 5.44. The van der Waals surface area contributed by atoms with Gasteiger partial charge >= 0.3 is 0 Å². The van der Waals surface area contributed by atoms with Crippen LogP contribution in [0.2, 0.25) is 0 Å². The molecular weight excluding hydrogens is 269 g/mol. The Morgan fingerprint density at radius 2 is 1.69 bits per heavy atom. The number of alkyl halides is 1. The van der Waals surface area contributed by atoms with Crippen molar-refractivity contribution in [2.75, 3.05) is 6.54 Å². The summed E-state index contributed by atoms with van der Waals surface area (Å²) in [6.07, 6.45) is 0. The molecule has 0 radical (unpaired) electrons. The standard InChI is InChI=1S/C13H25BrFN/c1-8(2)16-7-9(3)13(12(6)15)10(4)11(5)14/h8-11,16H,7H2,1-6H3/b13-12+/t9?,10-,11+/m1/s1. The lowest BCUT2D eigenvalue weighted by Gasteiger charge is -2.25. The lowest BCUT2D eigenvalue weighted by atomic mass is 9.87. The second-order valence-corrected chi connectivity index (χ2v) is 6.36. The molecule has 0 rings (SSSR count). The molecule has 1 nitrogen and oxygen atoms in total. The van der Waals surface area contributed by atoms with E-state index in [1.807, 2.05) is 0 Å². The first-order valence-corrected chi connectivity index (χ1v) is 6.92. The lowest BCUT2D eigenvalue weighted by Crippen LogP contribution is -2.31. The van der Waals surface area contributed by atoms with Crippen LogP contribution in [-0.2, 0) is 0 Å². The number of nitrogens with one attached hydrogen (secondary N) is 1. The Bertz CT molecular complexity index is 232. The van der Waals surface area contributed by atoms with E-state index in [0.717, 1.165) is 12.1 Å².